The van der Waals surface area contributed by atoms with Gasteiger partial charge in [0.15, 0.2) is 5.69 Å². The summed E-state index contributed by atoms with van der Waals surface area (Å²) in [4.78, 5) is 18.4. The number of aliphatic hydroxyl groups excluding tert-OH is 1. The van der Waals surface area contributed by atoms with Crippen LogP contribution in [0.25, 0.3) is 0 Å². The van der Waals surface area contributed by atoms with Gasteiger partial charge in [-0.25, -0.2) is 14.8 Å². The number of nitrogens with one attached hydrogen (secondary N) is 1. The van der Waals surface area contributed by atoms with Crippen LogP contribution in [0.1, 0.15) is 16.3 Å². The predicted octanol–water partition coefficient (Wildman–Crippen LogP) is -0.111. The second kappa shape index (κ2) is 5.09. The van der Waals surface area contributed by atoms with E-state index in [1.807, 2.05) is 0 Å². The summed E-state index contributed by atoms with van der Waals surface area (Å²) in [5.74, 6) is 1.75. The number of terminal acetylenes is 1. The predicted molar refractivity (Wildman–Crippen MR) is 57.1 cm³/mol. The fourth-order valence-electron chi connectivity index (χ4n) is 1.07. The molecular weight excluding hydrogens is 210 g/mol. The number of aromatic carboxylic acids is 1. The Morgan fingerprint density at radius 3 is 2.88 bits per heavy atom. The summed E-state index contributed by atoms with van der Waals surface area (Å²) in [5, 5.41) is 20.4. The molecule has 0 saturated carbocycles. The molecule has 0 amide bonds. The molecule has 0 saturated heterocycles. The van der Waals surface area contributed by atoms with Crippen LogP contribution in [-0.2, 0) is 0 Å². The molecule has 0 radical (unpaired) electrons. The van der Waals surface area contributed by atoms with Crippen molar-refractivity contribution in [2.24, 2.45) is 0 Å². The Kier molecular flexibility index (Phi) is 3.80. The topological polar surface area (TPSA) is 95.3 Å². The first-order valence-electron chi connectivity index (χ1n) is 4.49. The van der Waals surface area contributed by atoms with Crippen LogP contribution in [0.15, 0.2) is 6.07 Å². The number of carboxylic acids is 1. The number of hydrogen-bond acceptors (Lipinski definition) is 5. The van der Waals surface area contributed by atoms with Crippen LogP contribution in [0.3, 0.4) is 0 Å². The summed E-state index contributed by atoms with van der Waals surface area (Å²) in [6.07, 6.45) is 5.13. The highest BCUT2D eigenvalue weighted by Gasteiger charge is 2.10. The zero-order valence-corrected chi connectivity index (χ0v) is 8.64. The molecule has 84 valence electrons. The quantitative estimate of drug-likeness (QED) is 0.614. The Bertz CT molecular complexity index is 439. The molecular formula is C10H11N3O3. The largest absolute Gasteiger partial charge is 0.477 e. The number of carbonyl (C=O) groups is 1. The van der Waals surface area contributed by atoms with Crippen molar-refractivity contribution in [2.45, 2.75) is 13.0 Å². The first-order chi connectivity index (χ1) is 7.56. The fraction of sp³-hybridized carbons (Fsp3) is 0.300. The van der Waals surface area contributed by atoms with Gasteiger partial charge in [-0.05, 0) is 6.92 Å². The summed E-state index contributed by atoms with van der Waals surface area (Å²) < 4.78 is 0. The monoisotopic (exact) mass is 221 g/mol. The summed E-state index contributed by atoms with van der Waals surface area (Å²) >= 11 is 0. The number of nitrogens with zero attached hydrogens (tertiary/aromatic N) is 2. The van der Waals surface area contributed by atoms with Crippen molar-refractivity contribution in [3.05, 3.63) is 17.6 Å². The molecule has 1 unspecified atom stereocenters. The molecule has 0 aromatic carbocycles. The number of aliphatic hydroxyl groups is 1. The highest BCUT2D eigenvalue weighted by Crippen LogP contribution is 2.07. The molecule has 1 heterocycles. The molecule has 0 aliphatic rings. The van der Waals surface area contributed by atoms with Gasteiger partial charge in [0.2, 0.25) is 0 Å². The van der Waals surface area contributed by atoms with Gasteiger partial charge in [-0.3, -0.25) is 0 Å². The summed E-state index contributed by atoms with van der Waals surface area (Å²) in [6, 6.07) is 0.658. The molecule has 0 spiro atoms. The van der Waals surface area contributed by atoms with Gasteiger partial charge in [0, 0.05) is 6.07 Å². The lowest BCUT2D eigenvalue weighted by atomic mass is 10.3. The van der Waals surface area contributed by atoms with Gasteiger partial charge >= 0.3 is 5.97 Å². The van der Waals surface area contributed by atoms with Crippen LogP contribution >= 0.6 is 0 Å². The van der Waals surface area contributed by atoms with Gasteiger partial charge < -0.3 is 15.5 Å². The molecule has 3 N–H and O–H groups in total. The van der Waals surface area contributed by atoms with Crippen LogP contribution in [0.4, 0.5) is 5.82 Å². The van der Waals surface area contributed by atoms with Gasteiger partial charge in [0.1, 0.15) is 17.7 Å². The Morgan fingerprint density at radius 1 is 1.69 bits per heavy atom. The second-order valence-electron chi connectivity index (χ2n) is 3.04. The zero-order valence-electron chi connectivity index (χ0n) is 8.64. The fourth-order valence-corrected chi connectivity index (χ4v) is 1.07. The van der Waals surface area contributed by atoms with Gasteiger partial charge in [-0.2, -0.15) is 0 Å². The van der Waals surface area contributed by atoms with E-state index in [0.29, 0.717) is 5.82 Å². The van der Waals surface area contributed by atoms with E-state index < -0.39 is 12.0 Å². The van der Waals surface area contributed by atoms with Gasteiger partial charge in [-0.1, -0.05) is 5.92 Å². The standard InChI is InChI=1S/C10H11N3O3/c1-3-7(5-14)13-9-4-8(10(15)16)11-6(2)12-9/h1,4,7,14H,5H2,2H3,(H,15,16)(H,11,12,13). The van der Waals surface area contributed by atoms with Crippen LogP contribution in [0.2, 0.25) is 0 Å². The first kappa shape index (κ1) is 11.9. The molecule has 1 atom stereocenters. The van der Waals surface area contributed by atoms with Crippen molar-refractivity contribution in [3.8, 4) is 12.3 Å². The highest BCUT2D eigenvalue weighted by molar-refractivity contribution is 5.86. The van der Waals surface area contributed by atoms with Crippen LogP contribution in [0.5, 0.6) is 0 Å². The molecule has 1 aromatic heterocycles. The molecule has 0 aliphatic heterocycles. The minimum absolute atomic E-state index is 0.122. The van der Waals surface area contributed by atoms with E-state index in [4.69, 9.17) is 16.6 Å². The average Bonchev–Trinajstić information content (AvgIpc) is 2.25. The number of hydrogen-bond donors (Lipinski definition) is 3. The van der Waals surface area contributed by atoms with Gasteiger partial charge in [-0.15, -0.1) is 6.42 Å². The van der Waals surface area contributed by atoms with Crippen LogP contribution < -0.4 is 5.32 Å². The second-order valence-corrected chi connectivity index (χ2v) is 3.04. The lowest BCUT2D eigenvalue weighted by Gasteiger charge is -2.11. The summed E-state index contributed by atoms with van der Waals surface area (Å²) in [7, 11) is 0. The van der Waals surface area contributed by atoms with Crippen molar-refractivity contribution >= 4 is 11.8 Å². The third-order valence-electron chi connectivity index (χ3n) is 1.76. The summed E-state index contributed by atoms with van der Waals surface area (Å²) in [5.41, 5.74) is -0.122. The lowest BCUT2D eigenvalue weighted by Crippen LogP contribution is -2.22. The molecule has 1 aromatic rings. The van der Waals surface area contributed by atoms with Gasteiger partial charge in [0.25, 0.3) is 0 Å². The SMILES string of the molecule is C#CC(CO)Nc1cc(C(=O)O)nc(C)n1. The minimum atomic E-state index is -1.14. The number of aryl methyl sites for hydroxylation is 1. The van der Waals surface area contributed by atoms with Crippen molar-refractivity contribution in [1.29, 1.82) is 0 Å². The lowest BCUT2D eigenvalue weighted by molar-refractivity contribution is 0.0690. The van der Waals surface area contributed by atoms with Crippen molar-refractivity contribution in [2.75, 3.05) is 11.9 Å². The molecule has 0 aliphatic carbocycles. The zero-order chi connectivity index (χ0) is 12.1. The van der Waals surface area contributed by atoms with Crippen LogP contribution in [-0.4, -0.2) is 38.8 Å². The van der Waals surface area contributed by atoms with E-state index in [2.05, 4.69) is 21.2 Å². The van der Waals surface area contributed by atoms with Crippen LogP contribution in [0, 0.1) is 19.3 Å². The molecule has 1 rings (SSSR count). The number of aromatic nitrogens is 2. The minimum Gasteiger partial charge on any atom is -0.477 e. The maximum atomic E-state index is 10.7. The Labute approximate surface area is 92.4 Å². The van der Waals surface area contributed by atoms with E-state index in [0.717, 1.165) is 0 Å². The third-order valence-corrected chi connectivity index (χ3v) is 1.76. The van der Waals surface area contributed by atoms with E-state index in [1.165, 1.54) is 6.07 Å². The smallest absolute Gasteiger partial charge is 0.354 e. The molecule has 6 heteroatoms. The normalized spacial score (nSPS) is 11.6. The van der Waals surface area contributed by atoms with Crippen molar-refractivity contribution in [3.63, 3.8) is 0 Å². The van der Waals surface area contributed by atoms with E-state index in [-0.39, 0.29) is 18.1 Å². The van der Waals surface area contributed by atoms with E-state index in [1.54, 1.807) is 6.92 Å². The number of anilines is 1. The number of rotatable bonds is 4. The molecule has 0 bridgehead atoms. The molecule has 6 nitrogen and oxygen atoms in total. The van der Waals surface area contributed by atoms with Crippen molar-refractivity contribution in [1.82, 2.24) is 9.97 Å². The Morgan fingerprint density at radius 2 is 2.38 bits per heavy atom. The summed E-state index contributed by atoms with van der Waals surface area (Å²) in [6.45, 7) is 1.31. The highest BCUT2D eigenvalue weighted by atomic mass is 16.4. The van der Waals surface area contributed by atoms with Crippen molar-refractivity contribution < 1.29 is 15.0 Å². The maximum absolute atomic E-state index is 10.7. The van der Waals surface area contributed by atoms with E-state index >= 15 is 0 Å². The first-order valence-corrected chi connectivity index (χ1v) is 4.49. The van der Waals surface area contributed by atoms with Gasteiger partial charge in [0.05, 0.1) is 6.61 Å². The Balaban J connectivity index is 2.97. The average molecular weight is 221 g/mol. The molecule has 0 fully saturated rings. The number of carboxylic acid groups (broad SMARTS) is 1. The van der Waals surface area contributed by atoms with E-state index in [9.17, 15) is 4.79 Å². The maximum Gasteiger partial charge on any atom is 0.354 e. The third kappa shape index (κ3) is 2.93. The molecule has 16 heavy (non-hydrogen) atoms. The Hall–Kier alpha value is -2.13.